The summed E-state index contributed by atoms with van der Waals surface area (Å²) in [6, 6.07) is 156. The molecule has 0 aliphatic heterocycles. The second-order valence-corrected chi connectivity index (χ2v) is 33.8. The molecule has 0 amide bonds. The van der Waals surface area contributed by atoms with E-state index in [1.54, 1.807) is 0 Å². The van der Waals surface area contributed by atoms with Gasteiger partial charge in [-0.1, -0.05) is 425 Å². The van der Waals surface area contributed by atoms with Gasteiger partial charge in [-0.25, -0.2) is 34.9 Å². The standard InChI is InChI=1S/C59H37N3S.C58H36N4S/c1-3-11-38(12-4-1)40-19-27-45(28-20-40)52-37-53(61-59(60-52)48-33-25-41(26-34-48)39-13-5-2-6-14-39)46-29-21-42(22-30-46)43-23-31-47(32-24-43)56-58-55(50-17-9-10-18-54(50)63-58)51-36-35-44-15-7-8-16-49(44)57(51)62-56;1-3-11-37(12-4-1)39-21-29-45(30-22-39)56-60-57(46-31-23-40(24-32-46)38-13-5-2-6-14-38)62-58(61-56)47-33-25-42(26-34-47)41-19-27-44(28-20-41)53-55-52(49-17-9-10-18-51(49)63-55)50-36-35-43-15-7-8-16-48(43)54(50)59-53/h1-37H;1-36H. The van der Waals surface area contributed by atoms with E-state index in [0.717, 1.165) is 117 Å². The Balaban J connectivity index is 0.000000145. The summed E-state index contributed by atoms with van der Waals surface area (Å²) < 4.78 is 4.98. The number of pyridine rings is 2. The first-order valence-corrected chi connectivity index (χ1v) is 44.0. The SMILES string of the molecule is c1ccc(-c2ccc(-c3cc(-c4ccc(-c5ccc(-c6nc7c8ccccc8ccc7c7c6sc6ccccc67)cc5)cc4)nc(-c4ccc(-c5ccccc5)cc4)n3)cc2)cc1.c1ccc(-c2ccc(-c3nc(-c4ccc(-c5ccccc5)cc4)nc(-c4ccc(-c5ccc(-c6nc7c8ccccc8ccc7c7c6sc6ccccc67)cc5)cc4)n3)cc2)cc1. The minimum atomic E-state index is 0.624. The average Bonchev–Trinajstić information content (AvgIpc) is 1.59. The van der Waals surface area contributed by atoms with Crippen LogP contribution in [0.4, 0.5) is 0 Å². The van der Waals surface area contributed by atoms with Crippen molar-refractivity contribution < 1.29 is 0 Å². The van der Waals surface area contributed by atoms with Gasteiger partial charge < -0.3 is 0 Å². The Morgan fingerprint density at radius 3 is 0.683 bits per heavy atom. The van der Waals surface area contributed by atoms with Crippen LogP contribution in [0.25, 0.3) is 241 Å². The van der Waals surface area contributed by atoms with Crippen LogP contribution in [0, 0.1) is 0 Å². The summed E-state index contributed by atoms with van der Waals surface area (Å²) in [4.78, 5) is 36.4. The number of hydrogen-bond acceptors (Lipinski definition) is 9. The molecule has 0 saturated carbocycles. The number of hydrogen-bond donors (Lipinski definition) is 0. The number of nitrogens with zero attached hydrogens (tertiary/aromatic N) is 7. The molecule has 0 N–H and O–H groups in total. The molecule has 24 rings (SSSR count). The molecule has 588 valence electrons. The smallest absolute Gasteiger partial charge is 0.164 e. The molecule has 0 saturated heterocycles. The van der Waals surface area contributed by atoms with Gasteiger partial charge in [-0.05, 0) is 95.7 Å². The topological polar surface area (TPSA) is 90.2 Å². The summed E-state index contributed by atoms with van der Waals surface area (Å²) in [7, 11) is 0. The number of aromatic nitrogens is 7. The third-order valence-corrected chi connectivity index (χ3v) is 26.5. The lowest BCUT2D eigenvalue weighted by Gasteiger charge is -2.12. The third-order valence-electron chi connectivity index (χ3n) is 24.1. The van der Waals surface area contributed by atoms with Crippen LogP contribution in [0.3, 0.4) is 0 Å². The van der Waals surface area contributed by atoms with Crippen molar-refractivity contribution in [3.05, 3.63) is 443 Å². The van der Waals surface area contributed by atoms with Crippen LogP contribution < -0.4 is 0 Å². The van der Waals surface area contributed by atoms with Gasteiger partial charge in [-0.2, -0.15) is 0 Å². The lowest BCUT2D eigenvalue weighted by atomic mass is 9.98. The Morgan fingerprint density at radius 2 is 0.381 bits per heavy atom. The van der Waals surface area contributed by atoms with Crippen molar-refractivity contribution >= 4 is 106 Å². The van der Waals surface area contributed by atoms with Crippen LogP contribution >= 0.6 is 22.7 Å². The summed E-state index contributed by atoms with van der Waals surface area (Å²) in [5, 5.41) is 12.3. The zero-order chi connectivity index (χ0) is 83.4. The highest BCUT2D eigenvalue weighted by Crippen LogP contribution is 2.48. The maximum Gasteiger partial charge on any atom is 0.164 e. The number of benzene rings is 18. The van der Waals surface area contributed by atoms with Gasteiger partial charge in [0, 0.05) is 97.0 Å². The number of fused-ring (bicyclic) bond motifs is 14. The second kappa shape index (κ2) is 32.3. The molecule has 0 fully saturated rings. The zero-order valence-electron chi connectivity index (χ0n) is 68.1. The van der Waals surface area contributed by atoms with Crippen molar-refractivity contribution in [1.29, 1.82) is 0 Å². The second-order valence-electron chi connectivity index (χ2n) is 31.7. The lowest BCUT2D eigenvalue weighted by Crippen LogP contribution is -2.00. The Bertz CT molecular complexity index is 7530. The van der Waals surface area contributed by atoms with E-state index < -0.39 is 0 Å². The van der Waals surface area contributed by atoms with E-state index in [0.29, 0.717) is 23.3 Å². The highest BCUT2D eigenvalue weighted by atomic mass is 32.1. The maximum atomic E-state index is 5.44. The van der Waals surface area contributed by atoms with E-state index in [1.807, 2.05) is 46.9 Å². The van der Waals surface area contributed by atoms with E-state index >= 15 is 0 Å². The molecule has 126 heavy (non-hydrogen) atoms. The van der Waals surface area contributed by atoms with Crippen LogP contribution in [0.15, 0.2) is 443 Å². The van der Waals surface area contributed by atoms with Gasteiger partial charge in [0.1, 0.15) is 0 Å². The van der Waals surface area contributed by atoms with Gasteiger partial charge in [0.15, 0.2) is 23.3 Å². The minimum Gasteiger partial charge on any atom is -0.246 e. The fraction of sp³-hybridized carbons (Fsp3) is 0. The van der Waals surface area contributed by atoms with Crippen molar-refractivity contribution in [2.45, 2.75) is 0 Å². The fourth-order valence-corrected chi connectivity index (χ4v) is 20.0. The van der Waals surface area contributed by atoms with Crippen LogP contribution in [0.2, 0.25) is 0 Å². The molecule has 24 aromatic rings. The van der Waals surface area contributed by atoms with Crippen LogP contribution in [-0.4, -0.2) is 34.9 Å². The summed E-state index contributed by atoms with van der Waals surface area (Å²) in [6.45, 7) is 0. The van der Waals surface area contributed by atoms with Crippen LogP contribution in [0.1, 0.15) is 0 Å². The molecule has 0 unspecified atom stereocenters. The van der Waals surface area contributed by atoms with Gasteiger partial charge in [0.2, 0.25) is 0 Å². The van der Waals surface area contributed by atoms with Crippen LogP contribution in [0.5, 0.6) is 0 Å². The van der Waals surface area contributed by atoms with Gasteiger partial charge in [0.05, 0.1) is 43.2 Å². The monoisotopic (exact) mass is 1640 g/mol. The largest absolute Gasteiger partial charge is 0.246 e. The summed E-state index contributed by atoms with van der Waals surface area (Å²) in [5.41, 5.74) is 27.7. The number of thiophene rings is 2. The minimum absolute atomic E-state index is 0.624. The molecule has 9 heteroatoms. The average molecular weight is 1640 g/mol. The molecule has 0 atom stereocenters. The first-order valence-electron chi connectivity index (χ1n) is 42.4. The molecule has 7 nitrogen and oxygen atoms in total. The predicted octanol–water partition coefficient (Wildman–Crippen LogP) is 31.8. The molecule has 0 aliphatic rings. The summed E-state index contributed by atoms with van der Waals surface area (Å²) >= 11 is 3.65. The van der Waals surface area contributed by atoms with Crippen molar-refractivity contribution in [3.8, 4) is 157 Å². The normalized spacial score (nSPS) is 11.5. The molecule has 6 aromatic heterocycles. The quantitative estimate of drug-likeness (QED) is 0.100. The maximum absolute atomic E-state index is 5.44. The van der Waals surface area contributed by atoms with Gasteiger partial charge in [-0.15, -0.1) is 22.7 Å². The highest BCUT2D eigenvalue weighted by molar-refractivity contribution is 7.27. The molecule has 0 spiro atoms. The molecule has 18 aromatic carbocycles. The van der Waals surface area contributed by atoms with Crippen molar-refractivity contribution in [2.75, 3.05) is 0 Å². The van der Waals surface area contributed by atoms with Crippen molar-refractivity contribution in [3.63, 3.8) is 0 Å². The van der Waals surface area contributed by atoms with Gasteiger partial charge in [0.25, 0.3) is 0 Å². The van der Waals surface area contributed by atoms with Crippen molar-refractivity contribution in [1.82, 2.24) is 34.9 Å². The molecule has 0 radical (unpaired) electrons. The third kappa shape index (κ3) is 14.3. The lowest BCUT2D eigenvalue weighted by molar-refractivity contribution is 1.07. The Morgan fingerprint density at radius 1 is 0.151 bits per heavy atom. The zero-order valence-corrected chi connectivity index (χ0v) is 69.7. The molecule has 0 bridgehead atoms. The summed E-state index contributed by atoms with van der Waals surface area (Å²) in [6.07, 6.45) is 0. The Labute approximate surface area is 736 Å². The van der Waals surface area contributed by atoms with Crippen LogP contribution in [-0.2, 0) is 0 Å². The Hall–Kier alpha value is -16.2. The molecular formula is C117H73N7S2. The fourth-order valence-electron chi connectivity index (χ4n) is 17.5. The van der Waals surface area contributed by atoms with E-state index in [2.05, 4.69) is 419 Å². The van der Waals surface area contributed by atoms with E-state index in [1.165, 1.54) is 100 Å². The first kappa shape index (κ1) is 74.8. The Kier molecular flexibility index (Phi) is 19.2. The summed E-state index contributed by atoms with van der Waals surface area (Å²) in [5.74, 6) is 2.57. The van der Waals surface area contributed by atoms with E-state index in [4.69, 9.17) is 34.9 Å². The highest BCUT2D eigenvalue weighted by Gasteiger charge is 2.23. The number of rotatable bonds is 14. The van der Waals surface area contributed by atoms with E-state index in [-0.39, 0.29) is 0 Å². The molecule has 6 heterocycles. The van der Waals surface area contributed by atoms with E-state index in [9.17, 15) is 0 Å². The predicted molar refractivity (Wildman–Crippen MR) is 529 cm³/mol. The van der Waals surface area contributed by atoms with Crippen molar-refractivity contribution in [2.24, 2.45) is 0 Å². The molecule has 0 aliphatic carbocycles. The van der Waals surface area contributed by atoms with Gasteiger partial charge >= 0.3 is 0 Å². The first-order chi connectivity index (χ1) is 62.4. The molecular weight excluding hydrogens is 1570 g/mol. The van der Waals surface area contributed by atoms with Gasteiger partial charge in [-0.3, -0.25) is 0 Å².